The lowest BCUT2D eigenvalue weighted by Crippen LogP contribution is -2.53. The van der Waals surface area contributed by atoms with E-state index in [1.807, 2.05) is 36.1 Å². The fourth-order valence-electron chi connectivity index (χ4n) is 5.44. The van der Waals surface area contributed by atoms with Gasteiger partial charge in [0.15, 0.2) is 0 Å². The summed E-state index contributed by atoms with van der Waals surface area (Å²) in [4.78, 5) is 74.3. The van der Waals surface area contributed by atoms with Crippen molar-refractivity contribution in [2.24, 2.45) is 11.7 Å². The topological polar surface area (TPSA) is 229 Å². The summed E-state index contributed by atoms with van der Waals surface area (Å²) in [5.41, 5.74) is 8.36. The molecule has 1 aromatic carbocycles. The monoisotopic (exact) mass is 699 g/mol. The van der Waals surface area contributed by atoms with Crippen molar-refractivity contribution in [3.8, 4) is 0 Å². The molecule has 1 saturated heterocycles. The maximum absolute atomic E-state index is 12.9. The maximum atomic E-state index is 12.9. The molecule has 1 aromatic rings. The lowest BCUT2D eigenvalue weighted by atomic mass is 9.96. The molecule has 48 heavy (non-hydrogen) atoms. The Kier molecular flexibility index (Phi) is 17.6. The number of aliphatic carboxylic acids is 2. The number of nitrogens with zero attached hydrogens (tertiary/aromatic N) is 4. The molecule has 2 unspecified atom stereocenters. The Morgan fingerprint density at radius 3 is 1.62 bits per heavy atom. The largest absolute Gasteiger partial charge is 0.480 e. The Hall–Kier alpha value is -2.95. The minimum absolute atomic E-state index is 0.119. The highest BCUT2D eigenvalue weighted by atomic mass is 31.2. The summed E-state index contributed by atoms with van der Waals surface area (Å²) in [5.74, 6) is -2.52. The molecular weight excluding hydrogens is 645 g/mol. The van der Waals surface area contributed by atoms with Gasteiger partial charge < -0.3 is 36.4 Å². The summed E-state index contributed by atoms with van der Waals surface area (Å²) in [7, 11) is -4.40. The number of nitrogens with one attached hydrogen (secondary N) is 2. The number of carboxylic acids is 2. The van der Waals surface area contributed by atoms with Gasteiger partial charge in [-0.25, -0.2) is 0 Å². The van der Waals surface area contributed by atoms with Crippen LogP contribution in [0.3, 0.4) is 0 Å². The molecule has 0 spiro atoms. The molecule has 1 aliphatic rings. The highest BCUT2D eigenvalue weighted by molar-refractivity contribution is 7.51. The summed E-state index contributed by atoms with van der Waals surface area (Å²) in [6.45, 7) is 7.99. The molecule has 0 saturated carbocycles. The molecule has 1 heterocycles. The second-order valence-corrected chi connectivity index (χ2v) is 14.4. The van der Waals surface area contributed by atoms with E-state index >= 15 is 0 Å². The zero-order valence-corrected chi connectivity index (χ0v) is 29.2. The summed E-state index contributed by atoms with van der Waals surface area (Å²) >= 11 is 0. The van der Waals surface area contributed by atoms with E-state index in [-0.39, 0.29) is 83.8 Å². The van der Waals surface area contributed by atoms with Gasteiger partial charge in [0.05, 0.1) is 25.0 Å². The summed E-state index contributed by atoms with van der Waals surface area (Å²) in [6, 6.07) is 7.05. The lowest BCUT2D eigenvalue weighted by Gasteiger charge is -2.34. The molecular formula is C31H54N7O9P. The van der Waals surface area contributed by atoms with Crippen LogP contribution in [0.5, 0.6) is 0 Å². The van der Waals surface area contributed by atoms with Crippen LogP contribution in [0.1, 0.15) is 37.8 Å². The molecule has 16 nitrogen and oxygen atoms in total. The smallest absolute Gasteiger partial charge is 0.339 e. The molecule has 2 amide bonds. The minimum atomic E-state index is -4.40. The number of amides is 2. The number of benzene rings is 1. The minimum Gasteiger partial charge on any atom is -0.480 e. The third-order valence-corrected chi connectivity index (χ3v) is 8.83. The van der Waals surface area contributed by atoms with Crippen molar-refractivity contribution in [3.05, 3.63) is 35.4 Å². The molecule has 0 bridgehead atoms. The van der Waals surface area contributed by atoms with Crippen LogP contribution in [0, 0.1) is 5.92 Å². The first-order chi connectivity index (χ1) is 22.5. The molecule has 8 N–H and O–H groups in total. The van der Waals surface area contributed by atoms with Crippen LogP contribution in [-0.4, -0.2) is 161 Å². The predicted molar refractivity (Wildman–Crippen MR) is 180 cm³/mol. The highest BCUT2D eigenvalue weighted by Gasteiger charge is 2.25. The molecule has 1 fully saturated rings. The van der Waals surface area contributed by atoms with Gasteiger partial charge in [0.1, 0.15) is 6.29 Å². The number of hydrogen-bond donors (Lipinski definition) is 7. The zero-order chi connectivity index (χ0) is 35.9. The molecule has 272 valence electrons. The standard InChI is InChI=1S/C31H54N7O9P/c1-23(2)18-25-4-6-26(7-5-25)24(3)30(43)33-8-9-34-31(44)27(32)19-35-10-12-36(20-28(39)40)14-16-38(22-48(45,46)47)17-15-37(13-11-35)21-29(41)42/h4-7,23-24,27H,8-22,32H2,1-3H3,(H,33,43)(H,34,44)(H,39,40)(H,41,42)(H2,45,46,47). The van der Waals surface area contributed by atoms with Gasteiger partial charge in [0, 0.05) is 72.0 Å². The van der Waals surface area contributed by atoms with E-state index in [4.69, 9.17) is 5.73 Å². The molecule has 0 radical (unpaired) electrons. The van der Waals surface area contributed by atoms with E-state index in [0.29, 0.717) is 19.0 Å². The highest BCUT2D eigenvalue weighted by Crippen LogP contribution is 2.34. The molecule has 0 aromatic heterocycles. The number of carbonyl (C=O) groups is 4. The number of nitrogens with two attached hydrogens (primary N) is 1. The molecule has 17 heteroatoms. The van der Waals surface area contributed by atoms with E-state index in [2.05, 4.69) is 24.5 Å². The fourth-order valence-corrected chi connectivity index (χ4v) is 6.25. The Morgan fingerprint density at radius 2 is 1.19 bits per heavy atom. The normalized spacial score (nSPS) is 18.0. The average Bonchev–Trinajstić information content (AvgIpc) is 2.98. The summed E-state index contributed by atoms with van der Waals surface area (Å²) in [5, 5.41) is 24.4. The van der Waals surface area contributed by atoms with Gasteiger partial charge in [-0.2, -0.15) is 0 Å². The van der Waals surface area contributed by atoms with Gasteiger partial charge in [-0.1, -0.05) is 38.1 Å². The Bertz CT molecular complexity index is 1200. The van der Waals surface area contributed by atoms with Crippen LogP contribution in [0.15, 0.2) is 24.3 Å². The van der Waals surface area contributed by atoms with E-state index in [1.54, 1.807) is 9.80 Å². The van der Waals surface area contributed by atoms with E-state index in [0.717, 1.165) is 12.0 Å². The van der Waals surface area contributed by atoms with Crippen molar-refractivity contribution in [2.75, 3.05) is 91.4 Å². The van der Waals surface area contributed by atoms with Crippen molar-refractivity contribution in [1.29, 1.82) is 0 Å². The van der Waals surface area contributed by atoms with Crippen LogP contribution in [0.2, 0.25) is 0 Å². The van der Waals surface area contributed by atoms with Crippen molar-refractivity contribution >= 4 is 31.3 Å². The van der Waals surface area contributed by atoms with Crippen LogP contribution >= 0.6 is 7.60 Å². The third-order valence-electron chi connectivity index (χ3n) is 8.06. The van der Waals surface area contributed by atoms with Gasteiger partial charge >= 0.3 is 19.5 Å². The van der Waals surface area contributed by atoms with Crippen LogP contribution in [0.4, 0.5) is 0 Å². The maximum Gasteiger partial charge on any atom is 0.339 e. The van der Waals surface area contributed by atoms with Crippen LogP contribution in [0.25, 0.3) is 0 Å². The first-order valence-corrected chi connectivity index (χ1v) is 18.1. The second kappa shape index (κ2) is 20.5. The van der Waals surface area contributed by atoms with E-state index in [9.17, 15) is 43.7 Å². The summed E-state index contributed by atoms with van der Waals surface area (Å²) < 4.78 is 11.7. The quantitative estimate of drug-likeness (QED) is 0.0818. The third kappa shape index (κ3) is 16.9. The first-order valence-electron chi connectivity index (χ1n) is 16.3. The Morgan fingerprint density at radius 1 is 0.750 bits per heavy atom. The van der Waals surface area contributed by atoms with E-state index < -0.39 is 37.8 Å². The molecule has 2 atom stereocenters. The summed E-state index contributed by atoms with van der Waals surface area (Å²) in [6.07, 6.45) is 0.440. The number of carbonyl (C=O) groups excluding carboxylic acids is 2. The number of rotatable bonds is 16. The lowest BCUT2D eigenvalue weighted by molar-refractivity contribution is -0.139. The fraction of sp³-hybridized carbons (Fsp3) is 0.677. The average molecular weight is 700 g/mol. The zero-order valence-electron chi connectivity index (χ0n) is 28.3. The molecule has 1 aliphatic heterocycles. The number of hydrogen-bond acceptors (Lipinski definition) is 10. The van der Waals surface area contributed by atoms with E-state index in [1.165, 1.54) is 10.5 Å². The van der Waals surface area contributed by atoms with Crippen molar-refractivity contribution in [1.82, 2.24) is 30.2 Å². The molecule has 0 aliphatic carbocycles. The number of carboxylic acid groups (broad SMARTS) is 2. The van der Waals surface area contributed by atoms with Crippen molar-refractivity contribution < 1.29 is 43.7 Å². The van der Waals surface area contributed by atoms with Crippen LogP contribution < -0.4 is 16.4 Å². The van der Waals surface area contributed by atoms with Gasteiger partial charge in [-0.05, 0) is 30.4 Å². The Labute approximate surface area is 282 Å². The van der Waals surface area contributed by atoms with Gasteiger partial charge in [-0.15, -0.1) is 0 Å². The predicted octanol–water partition coefficient (Wildman–Crippen LogP) is -0.926. The van der Waals surface area contributed by atoms with Gasteiger partial charge in [0.25, 0.3) is 0 Å². The van der Waals surface area contributed by atoms with Crippen molar-refractivity contribution in [2.45, 2.75) is 39.2 Å². The van der Waals surface area contributed by atoms with Crippen molar-refractivity contribution in [3.63, 3.8) is 0 Å². The van der Waals surface area contributed by atoms with Gasteiger partial charge in [-0.3, -0.25) is 43.3 Å². The molecule has 2 rings (SSSR count). The van der Waals surface area contributed by atoms with Crippen LogP contribution in [-0.2, 0) is 30.2 Å². The van der Waals surface area contributed by atoms with Gasteiger partial charge in [0.2, 0.25) is 11.8 Å². The SMILES string of the molecule is CC(C)Cc1ccc(C(C)C(=O)NCCNC(=O)C(N)CN2CCN(CC(=O)O)CCN(CP(=O)(O)O)CCN(CC(=O)O)CC2)cc1. The first kappa shape index (κ1) is 41.2. The Balaban J connectivity index is 1.95. The second-order valence-electron chi connectivity index (χ2n) is 12.8.